The standard InChI is InChI=1S/C30H28Cl3N3O2/c31-22-11-6-7-19(16-22)15-21-10-4-5-12-24-28(30(38)34-26(18-37)20-8-2-1-3-9-20)35-36(29(21)24)27-14-13-23(32)17-25(27)33/h1-3,6-9,11,13-14,16-17,21,26,37H,4-5,10,12,15,18H2,(H,34,38)/t21-,26+/m0/s1. The molecule has 2 N–H and O–H groups in total. The summed E-state index contributed by atoms with van der Waals surface area (Å²) >= 11 is 19.1. The number of carbonyl (C=O) groups excluding carboxylic acids is 1. The first kappa shape index (κ1) is 26.8. The summed E-state index contributed by atoms with van der Waals surface area (Å²) in [5.41, 5.74) is 4.89. The Hall–Kier alpha value is -2.83. The van der Waals surface area contributed by atoms with Gasteiger partial charge in [-0.1, -0.05) is 83.7 Å². The molecule has 0 aliphatic heterocycles. The number of rotatable bonds is 7. The summed E-state index contributed by atoms with van der Waals surface area (Å²) in [5, 5.41) is 19.6. The van der Waals surface area contributed by atoms with E-state index in [1.54, 1.807) is 12.1 Å². The first-order chi connectivity index (χ1) is 18.4. The molecule has 38 heavy (non-hydrogen) atoms. The number of aliphatic hydroxyl groups excluding tert-OH is 1. The van der Waals surface area contributed by atoms with Crippen molar-refractivity contribution in [3.05, 3.63) is 116 Å². The number of benzene rings is 3. The van der Waals surface area contributed by atoms with E-state index in [4.69, 9.17) is 39.9 Å². The summed E-state index contributed by atoms with van der Waals surface area (Å²) in [6, 6.07) is 22.1. The molecule has 0 radical (unpaired) electrons. The smallest absolute Gasteiger partial charge is 0.272 e. The summed E-state index contributed by atoms with van der Waals surface area (Å²) in [6.45, 7) is -0.223. The van der Waals surface area contributed by atoms with Crippen LogP contribution in [0.5, 0.6) is 0 Å². The highest BCUT2D eigenvalue weighted by Crippen LogP contribution is 2.38. The molecule has 2 atom stereocenters. The first-order valence-corrected chi connectivity index (χ1v) is 13.9. The lowest BCUT2D eigenvalue weighted by molar-refractivity contribution is 0.0909. The number of nitrogens with zero attached hydrogens (tertiary/aromatic N) is 2. The minimum Gasteiger partial charge on any atom is -0.394 e. The number of nitrogens with one attached hydrogen (secondary N) is 1. The molecule has 1 heterocycles. The molecule has 0 bridgehead atoms. The lowest BCUT2D eigenvalue weighted by Crippen LogP contribution is -2.31. The molecule has 1 amide bonds. The fourth-order valence-electron chi connectivity index (χ4n) is 5.27. The van der Waals surface area contributed by atoms with E-state index in [1.165, 1.54) is 0 Å². The number of aliphatic hydroxyl groups is 1. The number of aromatic nitrogens is 2. The van der Waals surface area contributed by atoms with Crippen LogP contribution in [-0.4, -0.2) is 27.4 Å². The topological polar surface area (TPSA) is 67.2 Å². The summed E-state index contributed by atoms with van der Waals surface area (Å²) in [7, 11) is 0. The van der Waals surface area contributed by atoms with E-state index in [-0.39, 0.29) is 18.4 Å². The largest absolute Gasteiger partial charge is 0.394 e. The van der Waals surface area contributed by atoms with Gasteiger partial charge in [-0.25, -0.2) is 4.68 Å². The molecular weight excluding hydrogens is 541 g/mol. The van der Waals surface area contributed by atoms with E-state index in [9.17, 15) is 9.90 Å². The van der Waals surface area contributed by atoms with Gasteiger partial charge in [-0.2, -0.15) is 5.10 Å². The third-order valence-electron chi connectivity index (χ3n) is 7.05. The molecule has 0 spiro atoms. The van der Waals surface area contributed by atoms with Gasteiger partial charge in [0.2, 0.25) is 0 Å². The van der Waals surface area contributed by atoms with Crippen LogP contribution in [0.2, 0.25) is 15.1 Å². The quantitative estimate of drug-likeness (QED) is 0.229. The van der Waals surface area contributed by atoms with Crippen molar-refractivity contribution in [3.8, 4) is 5.69 Å². The van der Waals surface area contributed by atoms with Crippen molar-refractivity contribution in [2.24, 2.45) is 0 Å². The molecule has 1 aromatic heterocycles. The third-order valence-corrected chi connectivity index (χ3v) is 7.83. The van der Waals surface area contributed by atoms with E-state index < -0.39 is 6.04 Å². The normalized spacial score (nSPS) is 15.9. The number of fused-ring (bicyclic) bond motifs is 1. The summed E-state index contributed by atoms with van der Waals surface area (Å²) in [6.07, 6.45) is 4.40. The second kappa shape index (κ2) is 11.9. The number of hydrogen-bond donors (Lipinski definition) is 2. The molecule has 196 valence electrons. The van der Waals surface area contributed by atoms with Crippen molar-refractivity contribution in [1.29, 1.82) is 0 Å². The monoisotopic (exact) mass is 567 g/mol. The Bertz CT molecular complexity index is 1440. The van der Waals surface area contributed by atoms with Gasteiger partial charge in [-0.15, -0.1) is 0 Å². The molecule has 5 rings (SSSR count). The maximum Gasteiger partial charge on any atom is 0.272 e. The van der Waals surface area contributed by atoms with Gasteiger partial charge in [0.1, 0.15) is 0 Å². The molecular formula is C30H28Cl3N3O2. The van der Waals surface area contributed by atoms with Crippen LogP contribution in [0.15, 0.2) is 72.8 Å². The zero-order valence-corrected chi connectivity index (χ0v) is 23.0. The summed E-state index contributed by atoms with van der Waals surface area (Å²) in [4.78, 5) is 13.7. The van der Waals surface area contributed by atoms with Gasteiger partial charge in [0.15, 0.2) is 5.69 Å². The van der Waals surface area contributed by atoms with Crippen LogP contribution in [0, 0.1) is 0 Å². The van der Waals surface area contributed by atoms with Gasteiger partial charge in [0.25, 0.3) is 5.91 Å². The van der Waals surface area contributed by atoms with E-state index in [0.29, 0.717) is 26.4 Å². The number of amides is 1. The minimum absolute atomic E-state index is 0.106. The van der Waals surface area contributed by atoms with Gasteiger partial charge < -0.3 is 10.4 Å². The molecule has 0 saturated carbocycles. The van der Waals surface area contributed by atoms with Crippen LogP contribution in [0.25, 0.3) is 5.69 Å². The van der Waals surface area contributed by atoms with E-state index in [2.05, 4.69) is 11.4 Å². The van der Waals surface area contributed by atoms with Gasteiger partial charge in [-0.3, -0.25) is 4.79 Å². The van der Waals surface area contributed by atoms with Crippen LogP contribution in [-0.2, 0) is 12.8 Å². The minimum atomic E-state index is -0.545. The Kier molecular flexibility index (Phi) is 8.39. The lowest BCUT2D eigenvalue weighted by Gasteiger charge is -2.19. The molecule has 0 fully saturated rings. The Labute approximate surface area is 237 Å². The SMILES string of the molecule is O=C(N[C@H](CO)c1ccccc1)c1nn(-c2ccc(Cl)cc2Cl)c2c1CCCC[C@H]2Cc1cccc(Cl)c1. The molecule has 8 heteroatoms. The highest BCUT2D eigenvalue weighted by molar-refractivity contribution is 6.35. The van der Waals surface area contributed by atoms with Crippen molar-refractivity contribution in [1.82, 2.24) is 15.1 Å². The van der Waals surface area contributed by atoms with Crippen molar-refractivity contribution in [3.63, 3.8) is 0 Å². The Morgan fingerprint density at radius 1 is 1.00 bits per heavy atom. The van der Waals surface area contributed by atoms with E-state index in [0.717, 1.165) is 54.5 Å². The number of carbonyl (C=O) groups is 1. The molecule has 0 saturated heterocycles. The maximum absolute atomic E-state index is 13.7. The predicted octanol–water partition coefficient (Wildman–Crippen LogP) is 7.35. The molecule has 0 unspecified atom stereocenters. The molecule has 1 aliphatic rings. The summed E-state index contributed by atoms with van der Waals surface area (Å²) in [5.74, 6) is -0.217. The average Bonchev–Trinajstić information content (AvgIpc) is 3.16. The first-order valence-electron chi connectivity index (χ1n) is 12.7. The van der Waals surface area contributed by atoms with Crippen LogP contribution in [0.1, 0.15) is 64.1 Å². The molecule has 5 nitrogen and oxygen atoms in total. The highest BCUT2D eigenvalue weighted by Gasteiger charge is 2.32. The zero-order chi connectivity index (χ0) is 26.6. The van der Waals surface area contributed by atoms with Crippen molar-refractivity contribution in [2.45, 2.75) is 44.1 Å². The fourth-order valence-corrected chi connectivity index (χ4v) is 5.97. The van der Waals surface area contributed by atoms with E-state index >= 15 is 0 Å². The second-order valence-electron chi connectivity index (χ2n) is 9.62. The van der Waals surface area contributed by atoms with Gasteiger partial charge >= 0.3 is 0 Å². The van der Waals surface area contributed by atoms with Crippen LogP contribution in [0.4, 0.5) is 0 Å². The third kappa shape index (κ3) is 5.76. The Morgan fingerprint density at radius 3 is 2.53 bits per heavy atom. The van der Waals surface area contributed by atoms with Crippen LogP contribution in [0.3, 0.4) is 0 Å². The van der Waals surface area contributed by atoms with Crippen LogP contribution >= 0.6 is 34.8 Å². The predicted molar refractivity (Wildman–Crippen MR) is 153 cm³/mol. The molecule has 4 aromatic rings. The van der Waals surface area contributed by atoms with E-state index in [1.807, 2.05) is 59.3 Å². The maximum atomic E-state index is 13.7. The lowest BCUT2D eigenvalue weighted by atomic mass is 9.91. The average molecular weight is 569 g/mol. The Morgan fingerprint density at radius 2 is 1.79 bits per heavy atom. The molecule has 3 aromatic carbocycles. The zero-order valence-electron chi connectivity index (χ0n) is 20.7. The van der Waals surface area contributed by atoms with Gasteiger partial charge in [-0.05, 0) is 67.1 Å². The van der Waals surface area contributed by atoms with Crippen molar-refractivity contribution < 1.29 is 9.90 Å². The van der Waals surface area contributed by atoms with Crippen molar-refractivity contribution >= 4 is 40.7 Å². The second-order valence-corrected chi connectivity index (χ2v) is 10.9. The Balaban J connectivity index is 1.60. The van der Waals surface area contributed by atoms with Gasteiger partial charge in [0, 0.05) is 21.5 Å². The molecule has 1 aliphatic carbocycles. The summed E-state index contributed by atoms with van der Waals surface area (Å²) < 4.78 is 1.82. The number of halogens is 3. The fraction of sp³-hybridized carbons (Fsp3) is 0.267. The van der Waals surface area contributed by atoms with Gasteiger partial charge in [0.05, 0.1) is 29.1 Å². The number of hydrogen-bond acceptors (Lipinski definition) is 3. The highest BCUT2D eigenvalue weighted by atomic mass is 35.5. The van der Waals surface area contributed by atoms with Crippen LogP contribution < -0.4 is 5.32 Å². The van der Waals surface area contributed by atoms with Crippen molar-refractivity contribution in [2.75, 3.05) is 6.61 Å².